The van der Waals surface area contributed by atoms with Gasteiger partial charge >= 0.3 is 12.0 Å². The van der Waals surface area contributed by atoms with Crippen molar-refractivity contribution in [1.82, 2.24) is 5.32 Å². The van der Waals surface area contributed by atoms with Gasteiger partial charge in [-0.3, -0.25) is 14.9 Å². The Bertz CT molecular complexity index is 1520. The third kappa shape index (κ3) is 6.18. The molecule has 1 N–H and O–H groups in total. The van der Waals surface area contributed by atoms with Crippen LogP contribution in [0.25, 0.3) is 6.08 Å². The first-order chi connectivity index (χ1) is 18.6. The van der Waals surface area contributed by atoms with E-state index in [1.165, 1.54) is 44.6 Å². The number of hydrogen-bond donors (Lipinski definition) is 1. The van der Waals surface area contributed by atoms with E-state index < -0.39 is 23.8 Å². The lowest BCUT2D eigenvalue weighted by molar-refractivity contribution is -0.122. The van der Waals surface area contributed by atoms with E-state index in [1.54, 1.807) is 30.3 Å². The molecule has 0 aliphatic carbocycles. The summed E-state index contributed by atoms with van der Waals surface area (Å²) in [7, 11) is 2.70. The van der Waals surface area contributed by atoms with Gasteiger partial charge in [-0.25, -0.2) is 14.5 Å². The van der Waals surface area contributed by atoms with Gasteiger partial charge in [-0.1, -0.05) is 29.3 Å². The lowest BCUT2D eigenvalue weighted by Crippen LogP contribution is -2.54. The number of methoxy groups -OCH3 is 2. The minimum absolute atomic E-state index is 0.168. The number of hydrogen-bond acceptors (Lipinski definition) is 7. The smallest absolute Gasteiger partial charge is 0.337 e. The highest BCUT2D eigenvalue weighted by Gasteiger charge is 2.37. The maximum absolute atomic E-state index is 13.2. The van der Waals surface area contributed by atoms with Gasteiger partial charge in [0.25, 0.3) is 11.8 Å². The van der Waals surface area contributed by atoms with Crippen LogP contribution in [0.2, 0.25) is 10.0 Å². The summed E-state index contributed by atoms with van der Waals surface area (Å²) in [6.45, 7) is 0.191. The number of ether oxygens (including phenoxy) is 3. The molecule has 3 aromatic carbocycles. The molecule has 1 fully saturated rings. The largest absolute Gasteiger partial charge is 0.493 e. The van der Waals surface area contributed by atoms with E-state index in [0.717, 1.165) is 10.5 Å². The number of imide groups is 2. The number of nitrogens with one attached hydrogen (secondary N) is 1. The van der Waals surface area contributed by atoms with Crippen molar-refractivity contribution in [2.24, 2.45) is 0 Å². The minimum atomic E-state index is -0.911. The van der Waals surface area contributed by atoms with Gasteiger partial charge in [-0.05, 0) is 88.3 Å². The Labute approximate surface area is 246 Å². The molecule has 1 heterocycles. The number of benzene rings is 3. The van der Waals surface area contributed by atoms with Gasteiger partial charge in [0.15, 0.2) is 11.5 Å². The quantitative estimate of drug-likeness (QED) is 0.149. The monoisotopic (exact) mass is 680 g/mol. The Morgan fingerprint density at radius 3 is 2.36 bits per heavy atom. The topological polar surface area (TPSA) is 111 Å². The lowest BCUT2D eigenvalue weighted by Gasteiger charge is -2.26. The Balaban J connectivity index is 1.61. The summed E-state index contributed by atoms with van der Waals surface area (Å²) in [4.78, 5) is 50.9. The number of rotatable bonds is 7. The highest BCUT2D eigenvalue weighted by molar-refractivity contribution is 14.1. The van der Waals surface area contributed by atoms with Gasteiger partial charge in [0.2, 0.25) is 0 Å². The van der Waals surface area contributed by atoms with Crippen LogP contribution < -0.4 is 19.7 Å². The van der Waals surface area contributed by atoms with Crippen LogP contribution in [0, 0.1) is 3.57 Å². The van der Waals surface area contributed by atoms with Crippen molar-refractivity contribution in [2.45, 2.75) is 6.61 Å². The molecule has 1 saturated heterocycles. The lowest BCUT2D eigenvalue weighted by atomic mass is 10.1. The summed E-state index contributed by atoms with van der Waals surface area (Å²) in [6.07, 6.45) is 1.35. The fourth-order valence-electron chi connectivity index (χ4n) is 3.67. The van der Waals surface area contributed by atoms with Crippen molar-refractivity contribution in [3.05, 3.63) is 90.5 Å². The molecule has 0 saturated carbocycles. The van der Waals surface area contributed by atoms with Crippen LogP contribution in [0.1, 0.15) is 21.5 Å². The highest BCUT2D eigenvalue weighted by Crippen LogP contribution is 2.36. The molecule has 1 aliphatic heterocycles. The standard InChI is InChI=1S/C27H19Cl2IN2O7/c1-37-22-12-15(11-21(30)23(22)39-13-14-3-8-19(28)20(29)10-14)9-18-24(33)31-27(36)32(25(18)34)17-6-4-16(5-7-17)26(35)38-2/h3-12H,13H2,1-2H3,(H,31,33,36)/b18-9+. The Kier molecular flexibility index (Phi) is 8.78. The normalized spacial score (nSPS) is 14.3. The maximum Gasteiger partial charge on any atom is 0.337 e. The summed E-state index contributed by atoms with van der Waals surface area (Å²) < 4.78 is 16.8. The Morgan fingerprint density at radius 1 is 1.00 bits per heavy atom. The predicted octanol–water partition coefficient (Wildman–Crippen LogP) is 5.64. The van der Waals surface area contributed by atoms with Gasteiger partial charge in [0.1, 0.15) is 12.2 Å². The van der Waals surface area contributed by atoms with E-state index in [-0.39, 0.29) is 23.4 Å². The zero-order valence-corrected chi connectivity index (χ0v) is 24.1. The molecule has 0 bridgehead atoms. The van der Waals surface area contributed by atoms with Crippen molar-refractivity contribution < 1.29 is 33.4 Å². The van der Waals surface area contributed by atoms with E-state index in [2.05, 4.69) is 32.6 Å². The summed E-state index contributed by atoms with van der Waals surface area (Å²) in [5, 5.41) is 3.01. The van der Waals surface area contributed by atoms with Gasteiger partial charge in [0.05, 0.1) is 39.1 Å². The SMILES string of the molecule is COC(=O)c1ccc(N2C(=O)NC(=O)/C(=C\c3cc(I)c(OCc4ccc(Cl)c(Cl)c4)c(OC)c3)C2=O)cc1. The molecule has 0 radical (unpaired) electrons. The summed E-state index contributed by atoms with van der Waals surface area (Å²) in [5.74, 6) is -1.43. The molecule has 3 aromatic rings. The van der Waals surface area contributed by atoms with Crippen molar-refractivity contribution >= 4 is 81.4 Å². The van der Waals surface area contributed by atoms with E-state index in [4.69, 9.17) is 32.7 Å². The fourth-order valence-corrected chi connectivity index (χ4v) is 4.77. The summed E-state index contributed by atoms with van der Waals surface area (Å²) >= 11 is 14.1. The van der Waals surface area contributed by atoms with Crippen LogP contribution in [0.15, 0.2) is 60.2 Å². The maximum atomic E-state index is 13.2. The van der Waals surface area contributed by atoms with Crippen LogP contribution in [-0.2, 0) is 20.9 Å². The number of halogens is 3. The molecule has 12 heteroatoms. The van der Waals surface area contributed by atoms with Crippen molar-refractivity contribution in [3.8, 4) is 11.5 Å². The minimum Gasteiger partial charge on any atom is -0.493 e. The Hall–Kier alpha value is -3.61. The first kappa shape index (κ1) is 28.4. The van der Waals surface area contributed by atoms with E-state index >= 15 is 0 Å². The molecule has 0 unspecified atom stereocenters. The molecule has 9 nitrogen and oxygen atoms in total. The number of carbonyl (C=O) groups excluding carboxylic acids is 4. The van der Waals surface area contributed by atoms with Gasteiger partial charge in [-0.15, -0.1) is 0 Å². The second-order valence-corrected chi connectivity index (χ2v) is 10.0. The molecular weight excluding hydrogens is 662 g/mol. The number of amides is 4. The zero-order chi connectivity index (χ0) is 28.3. The number of barbiturate groups is 1. The van der Waals surface area contributed by atoms with E-state index in [9.17, 15) is 19.2 Å². The average molecular weight is 681 g/mol. The second-order valence-electron chi connectivity index (χ2n) is 8.07. The van der Waals surface area contributed by atoms with Crippen molar-refractivity contribution in [1.29, 1.82) is 0 Å². The molecule has 200 valence electrons. The number of nitrogens with zero attached hydrogens (tertiary/aromatic N) is 1. The molecule has 0 atom stereocenters. The van der Waals surface area contributed by atoms with E-state index in [1.807, 2.05) is 0 Å². The van der Waals surface area contributed by atoms with Crippen LogP contribution in [-0.4, -0.2) is 38.0 Å². The Morgan fingerprint density at radius 2 is 1.72 bits per heavy atom. The molecular formula is C27H19Cl2IN2O7. The number of anilines is 1. The van der Waals surface area contributed by atoms with Gasteiger partial charge in [0, 0.05) is 0 Å². The second kappa shape index (κ2) is 12.1. The number of urea groups is 1. The molecule has 1 aliphatic rings. The highest BCUT2D eigenvalue weighted by atomic mass is 127. The predicted molar refractivity (Wildman–Crippen MR) is 153 cm³/mol. The zero-order valence-electron chi connectivity index (χ0n) is 20.4. The van der Waals surface area contributed by atoms with Crippen molar-refractivity contribution in [3.63, 3.8) is 0 Å². The van der Waals surface area contributed by atoms with Crippen LogP contribution in [0.4, 0.5) is 10.5 Å². The summed E-state index contributed by atoms with van der Waals surface area (Å²) in [6, 6.07) is 13.2. The van der Waals surface area contributed by atoms with Gasteiger partial charge in [-0.2, -0.15) is 0 Å². The van der Waals surface area contributed by atoms with Crippen LogP contribution in [0.3, 0.4) is 0 Å². The molecule has 39 heavy (non-hydrogen) atoms. The third-order valence-electron chi connectivity index (χ3n) is 5.58. The third-order valence-corrected chi connectivity index (χ3v) is 7.12. The molecule has 4 rings (SSSR count). The van der Waals surface area contributed by atoms with Crippen LogP contribution >= 0.6 is 45.8 Å². The molecule has 0 spiro atoms. The average Bonchev–Trinajstić information content (AvgIpc) is 2.91. The summed E-state index contributed by atoms with van der Waals surface area (Å²) in [5.41, 5.74) is 1.39. The first-order valence-electron chi connectivity index (χ1n) is 11.2. The molecule has 0 aromatic heterocycles. The fraction of sp³-hybridized carbons (Fsp3) is 0.111. The van der Waals surface area contributed by atoms with Gasteiger partial charge < -0.3 is 14.2 Å². The van der Waals surface area contributed by atoms with Crippen LogP contribution in [0.5, 0.6) is 11.5 Å². The molecule has 4 amide bonds. The van der Waals surface area contributed by atoms with Crippen molar-refractivity contribution in [2.75, 3.05) is 19.1 Å². The number of esters is 1. The first-order valence-corrected chi connectivity index (χ1v) is 13.0. The van der Waals surface area contributed by atoms with E-state index in [0.29, 0.717) is 30.7 Å². The number of carbonyl (C=O) groups is 4.